The lowest BCUT2D eigenvalue weighted by atomic mass is 10.0. The van der Waals surface area contributed by atoms with Crippen molar-refractivity contribution >= 4 is 17.7 Å². The van der Waals surface area contributed by atoms with Gasteiger partial charge in [-0.25, -0.2) is 4.79 Å². The Morgan fingerprint density at radius 1 is 1.53 bits per heavy atom. The van der Waals surface area contributed by atoms with Crippen molar-refractivity contribution in [1.29, 1.82) is 0 Å². The summed E-state index contributed by atoms with van der Waals surface area (Å²) in [6, 6.07) is 0. The maximum absolute atomic E-state index is 8.78. The fourth-order valence-electron chi connectivity index (χ4n) is 1.14. The average molecular weight is 260 g/mol. The molecule has 0 spiro atoms. The molecule has 3 nitrogen and oxygen atoms in total. The molecule has 0 aliphatic heterocycles. The summed E-state index contributed by atoms with van der Waals surface area (Å²) in [4.78, 5) is 8.78. The van der Waals surface area contributed by atoms with Gasteiger partial charge in [0.05, 0.1) is 0 Å². The van der Waals surface area contributed by atoms with Gasteiger partial charge in [0, 0.05) is 5.03 Å². The van der Waals surface area contributed by atoms with Crippen molar-refractivity contribution < 1.29 is 9.90 Å². The van der Waals surface area contributed by atoms with Crippen molar-refractivity contribution in [3.8, 4) is 0 Å². The average Bonchev–Trinajstić information content (AvgIpc) is 2.17. The molecular weight excluding hydrogens is 238 g/mol. The summed E-state index contributed by atoms with van der Waals surface area (Å²) in [6.07, 6.45) is 5.96. The monoisotopic (exact) mass is 259 g/mol. The van der Waals surface area contributed by atoms with Crippen LogP contribution in [0.1, 0.15) is 40.0 Å². The molecule has 0 saturated heterocycles. The van der Waals surface area contributed by atoms with Gasteiger partial charge in [0.2, 0.25) is 0 Å². The van der Waals surface area contributed by atoms with Gasteiger partial charge in [-0.3, -0.25) is 0 Å². The second-order valence-corrected chi connectivity index (χ2v) is 3.96. The number of nitrogens with two attached hydrogens (primary N) is 1. The number of allylic oxidation sites excluding steroid dienone is 5. The van der Waals surface area contributed by atoms with Gasteiger partial charge in [-0.15, -0.1) is 0 Å². The Hall–Kier alpha value is -1.22. The van der Waals surface area contributed by atoms with Crippen molar-refractivity contribution in [1.82, 2.24) is 0 Å². The molecule has 0 aliphatic rings. The van der Waals surface area contributed by atoms with Crippen LogP contribution in [0.15, 0.2) is 34.9 Å². The Bertz CT molecular complexity index is 303. The van der Waals surface area contributed by atoms with Crippen LogP contribution in [0.5, 0.6) is 0 Å². The van der Waals surface area contributed by atoms with E-state index in [4.69, 9.17) is 21.5 Å². The van der Waals surface area contributed by atoms with Crippen LogP contribution in [0.25, 0.3) is 0 Å². The van der Waals surface area contributed by atoms with E-state index < -0.39 is 6.09 Å². The number of carboxylic acid groups (broad SMARTS) is 1. The highest BCUT2D eigenvalue weighted by atomic mass is 35.5. The molecular formula is C13H22ClNO2. The highest BCUT2D eigenvalue weighted by Crippen LogP contribution is 2.23. The first-order chi connectivity index (χ1) is 7.86. The Balaban J connectivity index is 0. The SMILES string of the molecule is C=C(C)/C(CCCC)=C(Cl)\C=C/C.NC(=O)O. The second-order valence-electron chi connectivity index (χ2n) is 3.55. The fourth-order valence-corrected chi connectivity index (χ4v) is 1.52. The van der Waals surface area contributed by atoms with Gasteiger partial charge in [-0.2, -0.15) is 0 Å². The first-order valence-electron chi connectivity index (χ1n) is 5.52. The number of halogens is 1. The highest BCUT2D eigenvalue weighted by Gasteiger charge is 2.02. The third-order valence-electron chi connectivity index (χ3n) is 1.90. The normalized spacial score (nSPS) is 11.5. The standard InChI is InChI=1S/C12H19Cl.CH3NO2/c1-5-7-9-11(10(3)4)12(13)8-6-2;2-1(3)4/h6,8H,3,5,7,9H2,1-2,4H3;2H2,(H,3,4)/b8-6-,12-11+;. The maximum Gasteiger partial charge on any atom is 0.402 e. The van der Waals surface area contributed by atoms with Gasteiger partial charge in [-0.05, 0) is 38.3 Å². The Kier molecular flexibility index (Phi) is 12.0. The molecule has 0 saturated carbocycles. The molecule has 3 N–H and O–H groups in total. The molecule has 0 aromatic rings. The van der Waals surface area contributed by atoms with Crippen molar-refractivity contribution in [3.63, 3.8) is 0 Å². The quantitative estimate of drug-likeness (QED) is 0.717. The lowest BCUT2D eigenvalue weighted by Crippen LogP contribution is -2.03. The lowest BCUT2D eigenvalue weighted by molar-refractivity contribution is 0.205. The number of primary amides is 1. The predicted molar refractivity (Wildman–Crippen MR) is 74.2 cm³/mol. The zero-order valence-corrected chi connectivity index (χ0v) is 11.5. The van der Waals surface area contributed by atoms with Crippen LogP contribution >= 0.6 is 11.6 Å². The summed E-state index contributed by atoms with van der Waals surface area (Å²) in [7, 11) is 0. The molecule has 0 aromatic heterocycles. The van der Waals surface area contributed by atoms with E-state index in [2.05, 4.69) is 19.2 Å². The minimum Gasteiger partial charge on any atom is -0.465 e. The first-order valence-corrected chi connectivity index (χ1v) is 5.90. The van der Waals surface area contributed by atoms with E-state index >= 15 is 0 Å². The van der Waals surface area contributed by atoms with Crippen LogP contribution in [0.3, 0.4) is 0 Å². The van der Waals surface area contributed by atoms with Gasteiger partial charge in [-0.1, -0.05) is 43.2 Å². The molecule has 4 heteroatoms. The zero-order valence-electron chi connectivity index (χ0n) is 10.8. The van der Waals surface area contributed by atoms with Gasteiger partial charge in [0.25, 0.3) is 0 Å². The van der Waals surface area contributed by atoms with Crippen molar-refractivity contribution in [2.45, 2.75) is 40.0 Å². The molecule has 0 heterocycles. The van der Waals surface area contributed by atoms with Gasteiger partial charge >= 0.3 is 6.09 Å². The van der Waals surface area contributed by atoms with E-state index in [1.807, 2.05) is 26.0 Å². The number of unbranched alkanes of at least 4 members (excludes halogenated alkanes) is 1. The van der Waals surface area contributed by atoms with E-state index in [0.29, 0.717) is 0 Å². The Morgan fingerprint density at radius 3 is 2.29 bits per heavy atom. The lowest BCUT2D eigenvalue weighted by Gasteiger charge is -2.07. The molecule has 0 atom stereocenters. The van der Waals surface area contributed by atoms with Crippen molar-refractivity contribution in [2.75, 3.05) is 0 Å². The summed E-state index contributed by atoms with van der Waals surface area (Å²) < 4.78 is 0. The van der Waals surface area contributed by atoms with Gasteiger partial charge in [0.15, 0.2) is 0 Å². The molecule has 0 fully saturated rings. The zero-order chi connectivity index (χ0) is 13.8. The van der Waals surface area contributed by atoms with E-state index in [1.165, 1.54) is 18.4 Å². The minimum atomic E-state index is -1.33. The van der Waals surface area contributed by atoms with Crippen LogP contribution in [0.2, 0.25) is 0 Å². The maximum atomic E-state index is 8.78. The van der Waals surface area contributed by atoms with Gasteiger partial charge < -0.3 is 10.8 Å². The van der Waals surface area contributed by atoms with Gasteiger partial charge in [0.1, 0.15) is 0 Å². The van der Waals surface area contributed by atoms with E-state index in [0.717, 1.165) is 17.0 Å². The summed E-state index contributed by atoms with van der Waals surface area (Å²) in [5, 5.41) is 8.03. The first kappa shape index (κ1) is 18.2. The van der Waals surface area contributed by atoms with Crippen LogP contribution in [0, 0.1) is 0 Å². The largest absolute Gasteiger partial charge is 0.465 e. The number of rotatable bonds is 5. The fraction of sp³-hybridized carbons (Fsp3) is 0.462. The summed E-state index contributed by atoms with van der Waals surface area (Å²) in [5.41, 5.74) is 6.30. The molecule has 0 rings (SSSR count). The van der Waals surface area contributed by atoms with E-state index in [1.54, 1.807) is 0 Å². The van der Waals surface area contributed by atoms with Crippen LogP contribution in [0.4, 0.5) is 4.79 Å². The number of carbonyl (C=O) groups is 1. The summed E-state index contributed by atoms with van der Waals surface area (Å²) >= 11 is 6.11. The number of amides is 1. The molecule has 0 radical (unpaired) electrons. The molecule has 1 amide bonds. The molecule has 0 bridgehead atoms. The molecule has 0 aromatic carbocycles. The second kappa shape index (κ2) is 11.3. The van der Waals surface area contributed by atoms with Crippen molar-refractivity contribution in [3.05, 3.63) is 34.9 Å². The van der Waals surface area contributed by atoms with Crippen molar-refractivity contribution in [2.24, 2.45) is 5.73 Å². The van der Waals surface area contributed by atoms with Crippen LogP contribution in [-0.4, -0.2) is 11.2 Å². The molecule has 0 unspecified atom stereocenters. The number of hydrogen-bond donors (Lipinski definition) is 2. The third-order valence-corrected chi connectivity index (χ3v) is 2.25. The highest BCUT2D eigenvalue weighted by molar-refractivity contribution is 6.31. The Labute approximate surface area is 109 Å². The van der Waals surface area contributed by atoms with E-state index in [9.17, 15) is 0 Å². The summed E-state index contributed by atoms with van der Waals surface area (Å²) in [5.74, 6) is 0. The molecule has 17 heavy (non-hydrogen) atoms. The molecule has 98 valence electrons. The summed E-state index contributed by atoms with van der Waals surface area (Å²) in [6.45, 7) is 10.1. The number of hydrogen-bond acceptors (Lipinski definition) is 1. The topological polar surface area (TPSA) is 63.3 Å². The van der Waals surface area contributed by atoms with E-state index in [-0.39, 0.29) is 0 Å². The Morgan fingerprint density at radius 2 is 2.00 bits per heavy atom. The third kappa shape index (κ3) is 12.7. The van der Waals surface area contributed by atoms with Crippen LogP contribution < -0.4 is 5.73 Å². The molecule has 0 aliphatic carbocycles. The predicted octanol–water partition coefficient (Wildman–Crippen LogP) is 4.44. The smallest absolute Gasteiger partial charge is 0.402 e. The minimum absolute atomic E-state index is 0.837. The van der Waals surface area contributed by atoms with Crippen LogP contribution in [-0.2, 0) is 0 Å².